The molecule has 2 aromatic heterocycles. The molecule has 132 valence electrons. The van der Waals surface area contributed by atoms with Crippen LogP contribution in [0.3, 0.4) is 0 Å². The highest BCUT2D eigenvalue weighted by atomic mass is 16.5. The van der Waals surface area contributed by atoms with Crippen molar-refractivity contribution in [1.82, 2.24) is 14.5 Å². The second-order valence-corrected chi connectivity index (χ2v) is 6.50. The van der Waals surface area contributed by atoms with Gasteiger partial charge in [-0.3, -0.25) is 9.69 Å². The van der Waals surface area contributed by atoms with Crippen LogP contribution in [0.1, 0.15) is 16.8 Å². The average Bonchev–Trinajstić information content (AvgIpc) is 3.38. The van der Waals surface area contributed by atoms with Crippen molar-refractivity contribution in [2.75, 3.05) is 24.7 Å². The van der Waals surface area contributed by atoms with E-state index >= 15 is 0 Å². The third kappa shape index (κ3) is 2.52. The lowest BCUT2D eigenvalue weighted by Gasteiger charge is -2.15. The molecule has 0 radical (unpaired) electrons. The molecule has 0 bridgehead atoms. The lowest BCUT2D eigenvalue weighted by atomic mass is 10.2. The number of fused-ring (bicyclic) bond motifs is 3. The molecular formula is C19H18N4O3. The summed E-state index contributed by atoms with van der Waals surface area (Å²) in [5.74, 6) is 1.06. The van der Waals surface area contributed by atoms with Gasteiger partial charge in [-0.1, -0.05) is 12.1 Å². The van der Waals surface area contributed by atoms with E-state index in [-0.39, 0.29) is 12.0 Å². The fourth-order valence-electron chi connectivity index (χ4n) is 3.52. The lowest BCUT2D eigenvalue weighted by Crippen LogP contribution is -2.29. The molecule has 1 fully saturated rings. The van der Waals surface area contributed by atoms with Crippen molar-refractivity contribution >= 4 is 22.9 Å². The minimum absolute atomic E-state index is 0.00355. The Kier molecular flexibility index (Phi) is 3.60. The number of aromatic nitrogens is 3. The number of rotatable bonds is 3. The van der Waals surface area contributed by atoms with Gasteiger partial charge < -0.3 is 14.0 Å². The van der Waals surface area contributed by atoms with Crippen LogP contribution in [0.4, 0.5) is 5.95 Å². The quantitative estimate of drug-likeness (QED) is 0.725. The van der Waals surface area contributed by atoms with Crippen molar-refractivity contribution in [3.63, 3.8) is 0 Å². The maximum atomic E-state index is 13.0. The number of imidazole rings is 1. The molecule has 4 heterocycles. The number of para-hydroxylation sites is 2. The minimum Gasteiger partial charge on any atom is -0.472 e. The SMILES string of the molecule is O=C(c1ccnc(OC2CCOC2)c1)N1CCn2c1nc1ccccc12. The van der Waals surface area contributed by atoms with Gasteiger partial charge in [0.25, 0.3) is 5.91 Å². The number of pyridine rings is 1. The molecule has 3 aromatic rings. The molecule has 1 aromatic carbocycles. The summed E-state index contributed by atoms with van der Waals surface area (Å²) in [6.45, 7) is 2.62. The summed E-state index contributed by atoms with van der Waals surface area (Å²) < 4.78 is 13.2. The van der Waals surface area contributed by atoms with Crippen molar-refractivity contribution in [2.24, 2.45) is 0 Å². The van der Waals surface area contributed by atoms with Crippen LogP contribution in [0.25, 0.3) is 11.0 Å². The fraction of sp³-hybridized carbons (Fsp3) is 0.316. The van der Waals surface area contributed by atoms with Gasteiger partial charge in [0.05, 0.1) is 24.2 Å². The largest absolute Gasteiger partial charge is 0.472 e. The summed E-state index contributed by atoms with van der Waals surface area (Å²) in [5.41, 5.74) is 2.51. The molecule has 0 saturated carbocycles. The fourth-order valence-corrected chi connectivity index (χ4v) is 3.52. The molecule has 1 atom stereocenters. The minimum atomic E-state index is -0.0889. The standard InChI is InChI=1S/C19H18N4O3/c24-18(13-5-7-20-17(11-13)26-14-6-10-25-12-14)23-9-8-22-16-4-2-1-3-15(16)21-19(22)23/h1-5,7,11,14H,6,8-10,12H2. The zero-order chi connectivity index (χ0) is 17.5. The predicted molar refractivity (Wildman–Crippen MR) is 95.5 cm³/mol. The Balaban J connectivity index is 1.42. The molecule has 0 aliphatic carbocycles. The number of benzene rings is 1. The van der Waals surface area contributed by atoms with Crippen LogP contribution >= 0.6 is 0 Å². The summed E-state index contributed by atoms with van der Waals surface area (Å²) in [7, 11) is 0. The second kappa shape index (κ2) is 6.10. The van der Waals surface area contributed by atoms with E-state index in [0.29, 0.717) is 37.2 Å². The highest BCUT2D eigenvalue weighted by Crippen LogP contribution is 2.28. The number of nitrogens with zero attached hydrogens (tertiary/aromatic N) is 4. The van der Waals surface area contributed by atoms with E-state index in [4.69, 9.17) is 9.47 Å². The number of amides is 1. The number of hydrogen-bond acceptors (Lipinski definition) is 5. The molecule has 2 aliphatic rings. The number of hydrogen-bond donors (Lipinski definition) is 0. The van der Waals surface area contributed by atoms with Crippen LogP contribution in [0.2, 0.25) is 0 Å². The zero-order valence-electron chi connectivity index (χ0n) is 14.2. The summed E-state index contributed by atoms with van der Waals surface area (Å²) in [6.07, 6.45) is 2.46. The zero-order valence-corrected chi connectivity index (χ0v) is 14.2. The topological polar surface area (TPSA) is 69.5 Å². The Morgan fingerprint density at radius 3 is 3.04 bits per heavy atom. The molecule has 5 rings (SSSR count). The Labute approximate surface area is 150 Å². The van der Waals surface area contributed by atoms with Crippen LogP contribution in [-0.2, 0) is 11.3 Å². The van der Waals surface area contributed by atoms with Gasteiger partial charge in [0.2, 0.25) is 11.8 Å². The van der Waals surface area contributed by atoms with Gasteiger partial charge in [0.1, 0.15) is 6.10 Å². The van der Waals surface area contributed by atoms with Crippen LogP contribution in [0.15, 0.2) is 42.6 Å². The first-order valence-electron chi connectivity index (χ1n) is 8.77. The van der Waals surface area contributed by atoms with Gasteiger partial charge in [-0.15, -0.1) is 0 Å². The summed E-state index contributed by atoms with van der Waals surface area (Å²) >= 11 is 0. The first-order chi connectivity index (χ1) is 12.8. The van der Waals surface area contributed by atoms with Crippen LogP contribution < -0.4 is 9.64 Å². The molecule has 1 unspecified atom stereocenters. The molecule has 1 saturated heterocycles. The number of ether oxygens (including phenoxy) is 2. The van der Waals surface area contributed by atoms with Crippen molar-refractivity contribution in [2.45, 2.75) is 19.1 Å². The molecule has 0 spiro atoms. The normalized spacial score (nSPS) is 19.1. The molecular weight excluding hydrogens is 332 g/mol. The number of anilines is 1. The molecule has 26 heavy (non-hydrogen) atoms. The maximum absolute atomic E-state index is 13.0. The van der Waals surface area contributed by atoms with E-state index in [1.165, 1.54) is 0 Å². The Bertz CT molecular complexity index is 978. The summed E-state index contributed by atoms with van der Waals surface area (Å²) in [6, 6.07) is 11.3. The van der Waals surface area contributed by atoms with Crippen molar-refractivity contribution in [1.29, 1.82) is 0 Å². The van der Waals surface area contributed by atoms with Crippen LogP contribution in [0, 0.1) is 0 Å². The molecule has 7 nitrogen and oxygen atoms in total. The van der Waals surface area contributed by atoms with Gasteiger partial charge in [0, 0.05) is 37.3 Å². The van der Waals surface area contributed by atoms with E-state index < -0.39 is 0 Å². The van der Waals surface area contributed by atoms with E-state index in [1.54, 1.807) is 23.2 Å². The van der Waals surface area contributed by atoms with Crippen LogP contribution in [-0.4, -0.2) is 46.3 Å². The highest BCUT2D eigenvalue weighted by Gasteiger charge is 2.29. The van der Waals surface area contributed by atoms with Gasteiger partial charge >= 0.3 is 0 Å². The monoisotopic (exact) mass is 350 g/mol. The molecule has 7 heteroatoms. The van der Waals surface area contributed by atoms with Crippen LogP contribution in [0.5, 0.6) is 5.88 Å². The van der Waals surface area contributed by atoms with Gasteiger partial charge in [-0.05, 0) is 18.2 Å². The van der Waals surface area contributed by atoms with Crippen molar-refractivity contribution in [3.8, 4) is 5.88 Å². The highest BCUT2D eigenvalue weighted by molar-refractivity contribution is 6.06. The van der Waals surface area contributed by atoms with E-state index in [2.05, 4.69) is 14.5 Å². The first-order valence-corrected chi connectivity index (χ1v) is 8.77. The van der Waals surface area contributed by atoms with Gasteiger partial charge in [-0.25, -0.2) is 9.97 Å². The maximum Gasteiger partial charge on any atom is 0.260 e. The van der Waals surface area contributed by atoms with Crippen molar-refractivity contribution < 1.29 is 14.3 Å². The molecule has 1 amide bonds. The lowest BCUT2D eigenvalue weighted by molar-refractivity contribution is 0.0987. The third-order valence-corrected chi connectivity index (χ3v) is 4.83. The number of carbonyl (C=O) groups excluding carboxylic acids is 1. The van der Waals surface area contributed by atoms with E-state index in [0.717, 1.165) is 24.0 Å². The smallest absolute Gasteiger partial charge is 0.260 e. The first kappa shape index (κ1) is 15.3. The average molecular weight is 350 g/mol. The third-order valence-electron chi connectivity index (χ3n) is 4.83. The van der Waals surface area contributed by atoms with Gasteiger partial charge in [-0.2, -0.15) is 0 Å². The Morgan fingerprint density at radius 1 is 1.23 bits per heavy atom. The Hall–Kier alpha value is -2.93. The Morgan fingerprint density at radius 2 is 2.15 bits per heavy atom. The van der Waals surface area contributed by atoms with E-state index in [1.807, 2.05) is 24.3 Å². The predicted octanol–water partition coefficient (Wildman–Crippen LogP) is 2.26. The van der Waals surface area contributed by atoms with Crippen molar-refractivity contribution in [3.05, 3.63) is 48.2 Å². The number of carbonyl (C=O) groups is 1. The van der Waals surface area contributed by atoms with E-state index in [9.17, 15) is 4.79 Å². The van der Waals surface area contributed by atoms with Gasteiger partial charge in [0.15, 0.2) is 0 Å². The molecule has 0 N–H and O–H groups in total. The second-order valence-electron chi connectivity index (χ2n) is 6.50. The summed E-state index contributed by atoms with van der Waals surface area (Å²) in [4.78, 5) is 23.6. The molecule has 2 aliphatic heterocycles. The summed E-state index contributed by atoms with van der Waals surface area (Å²) in [5, 5.41) is 0.